The number of hydrogen-bond donors (Lipinski definition) is 3. The van der Waals surface area contributed by atoms with Crippen LogP contribution in [0, 0.1) is 6.92 Å². The summed E-state index contributed by atoms with van der Waals surface area (Å²) in [5.74, 6) is 0.527. The van der Waals surface area contributed by atoms with E-state index >= 15 is 0 Å². The van der Waals surface area contributed by atoms with Crippen molar-refractivity contribution >= 4 is 52.0 Å². The Hall–Kier alpha value is -3.62. The van der Waals surface area contributed by atoms with Gasteiger partial charge >= 0.3 is 0 Å². The summed E-state index contributed by atoms with van der Waals surface area (Å²) < 4.78 is 0. The van der Waals surface area contributed by atoms with E-state index in [4.69, 9.17) is 11.6 Å². The molecule has 0 aliphatic carbocycles. The molecule has 1 amide bonds. The number of carbonyl (C=O) groups is 1. The zero-order chi connectivity index (χ0) is 24.1. The first-order valence-electron chi connectivity index (χ1n) is 11.1. The molecule has 1 aliphatic rings. The van der Waals surface area contributed by atoms with Gasteiger partial charge in [-0.15, -0.1) is 0 Å². The maximum atomic E-state index is 11.8. The van der Waals surface area contributed by atoms with Crippen LogP contribution in [0.3, 0.4) is 0 Å². The average Bonchev–Trinajstić information content (AvgIpc) is 2.84. The number of aromatic nitrogens is 2. The summed E-state index contributed by atoms with van der Waals surface area (Å²) in [5, 5.41) is 9.59. The first-order chi connectivity index (χ1) is 16.4. The number of nitrogens with one attached hydrogen (secondary N) is 3. The van der Waals surface area contributed by atoms with Crippen molar-refractivity contribution in [1.29, 1.82) is 0 Å². The van der Waals surface area contributed by atoms with Gasteiger partial charge in [-0.2, -0.15) is 4.98 Å². The van der Waals surface area contributed by atoms with Gasteiger partial charge in [0.25, 0.3) is 0 Å². The Morgan fingerprint density at radius 3 is 2.50 bits per heavy atom. The highest BCUT2D eigenvalue weighted by Gasteiger charge is 2.14. The molecule has 8 nitrogen and oxygen atoms in total. The van der Waals surface area contributed by atoms with Gasteiger partial charge in [0.2, 0.25) is 11.9 Å². The van der Waals surface area contributed by atoms with Crippen molar-refractivity contribution in [1.82, 2.24) is 14.9 Å². The third kappa shape index (κ3) is 5.84. The third-order valence-electron chi connectivity index (χ3n) is 5.61. The Morgan fingerprint density at radius 2 is 1.79 bits per heavy atom. The first-order valence-corrected chi connectivity index (χ1v) is 11.4. The number of piperazine rings is 1. The summed E-state index contributed by atoms with van der Waals surface area (Å²) >= 11 is 6.36. The van der Waals surface area contributed by atoms with Crippen LogP contribution < -0.4 is 20.9 Å². The van der Waals surface area contributed by atoms with E-state index in [1.165, 1.54) is 18.0 Å². The fourth-order valence-corrected chi connectivity index (χ4v) is 3.78. The van der Waals surface area contributed by atoms with E-state index in [9.17, 15) is 4.79 Å². The second-order valence-corrected chi connectivity index (χ2v) is 8.63. The van der Waals surface area contributed by atoms with Crippen molar-refractivity contribution in [2.75, 3.05) is 54.1 Å². The predicted molar refractivity (Wildman–Crippen MR) is 140 cm³/mol. The molecule has 34 heavy (non-hydrogen) atoms. The van der Waals surface area contributed by atoms with Crippen LogP contribution in [-0.4, -0.2) is 54.0 Å². The molecule has 2 aromatic carbocycles. The first kappa shape index (κ1) is 23.5. The van der Waals surface area contributed by atoms with Gasteiger partial charge in [-0.05, 0) is 62.0 Å². The number of benzene rings is 2. The Kier molecular flexibility index (Phi) is 7.30. The number of aryl methyl sites for hydroxylation is 1. The maximum absolute atomic E-state index is 11.8. The fraction of sp³-hybridized carbons (Fsp3) is 0.240. The molecule has 3 N–H and O–H groups in total. The molecule has 9 heteroatoms. The van der Waals surface area contributed by atoms with Gasteiger partial charge in [-0.1, -0.05) is 24.2 Å². The van der Waals surface area contributed by atoms with Crippen LogP contribution >= 0.6 is 11.6 Å². The fourth-order valence-electron chi connectivity index (χ4n) is 3.65. The van der Waals surface area contributed by atoms with Gasteiger partial charge in [-0.25, -0.2) is 4.98 Å². The van der Waals surface area contributed by atoms with Crippen molar-refractivity contribution < 1.29 is 4.79 Å². The molecule has 4 rings (SSSR count). The molecular formula is C25H28ClN7O. The second kappa shape index (κ2) is 10.5. The van der Waals surface area contributed by atoms with E-state index in [-0.39, 0.29) is 5.91 Å². The highest BCUT2D eigenvalue weighted by molar-refractivity contribution is 6.33. The lowest BCUT2D eigenvalue weighted by Crippen LogP contribution is -2.44. The molecule has 176 valence electrons. The van der Waals surface area contributed by atoms with Crippen LogP contribution in [0.1, 0.15) is 5.56 Å². The Morgan fingerprint density at radius 1 is 1.06 bits per heavy atom. The molecular weight excluding hydrogens is 450 g/mol. The zero-order valence-corrected chi connectivity index (χ0v) is 20.1. The van der Waals surface area contributed by atoms with Gasteiger partial charge < -0.3 is 25.8 Å². The average molecular weight is 478 g/mol. The van der Waals surface area contributed by atoms with E-state index in [0.717, 1.165) is 37.4 Å². The van der Waals surface area contributed by atoms with Crippen molar-refractivity contribution in [2.45, 2.75) is 6.92 Å². The number of nitrogens with zero attached hydrogens (tertiary/aromatic N) is 4. The normalized spacial score (nSPS) is 13.9. The van der Waals surface area contributed by atoms with Crippen LogP contribution in [0.5, 0.6) is 0 Å². The summed E-state index contributed by atoms with van der Waals surface area (Å²) in [6.07, 6.45) is 2.76. The second-order valence-electron chi connectivity index (χ2n) is 8.22. The Labute approximate surface area is 204 Å². The number of hydrogen-bond acceptors (Lipinski definition) is 7. The maximum Gasteiger partial charge on any atom is 0.247 e. The molecule has 0 spiro atoms. The summed E-state index contributed by atoms with van der Waals surface area (Å²) in [5.41, 5.74) is 4.35. The van der Waals surface area contributed by atoms with Crippen LogP contribution in [0.25, 0.3) is 0 Å². The molecule has 1 aromatic heterocycles. The topological polar surface area (TPSA) is 85.4 Å². The van der Waals surface area contributed by atoms with E-state index in [1.807, 2.05) is 37.3 Å². The monoisotopic (exact) mass is 477 g/mol. The summed E-state index contributed by atoms with van der Waals surface area (Å²) in [6, 6.07) is 13.9. The minimum Gasteiger partial charge on any atom is -0.369 e. The molecule has 0 radical (unpaired) electrons. The molecule has 1 aliphatic heterocycles. The standard InChI is InChI=1S/C25H28ClN7O/c1-4-23(34)29-21-10-5-17(2)15-22(21)30-24-20(26)16-27-25(31-24)28-18-6-8-19(9-7-18)33-13-11-32(3)12-14-33/h4-10,15-16H,1,11-14H2,2-3H3,(H,29,34)(H2,27,28,30,31). The number of carbonyl (C=O) groups excluding carboxylic acids is 1. The molecule has 1 saturated heterocycles. The molecule has 0 bridgehead atoms. The van der Waals surface area contributed by atoms with E-state index in [1.54, 1.807) is 0 Å². The summed E-state index contributed by atoms with van der Waals surface area (Å²) in [7, 11) is 2.15. The van der Waals surface area contributed by atoms with Crippen LogP contribution in [0.4, 0.5) is 34.5 Å². The quantitative estimate of drug-likeness (QED) is 0.421. The third-order valence-corrected chi connectivity index (χ3v) is 5.88. The lowest BCUT2D eigenvalue weighted by Gasteiger charge is -2.34. The lowest BCUT2D eigenvalue weighted by atomic mass is 10.2. The van der Waals surface area contributed by atoms with Gasteiger partial charge in [0.05, 0.1) is 17.6 Å². The van der Waals surface area contributed by atoms with Gasteiger partial charge in [0, 0.05) is 37.6 Å². The minimum absolute atomic E-state index is 0.303. The van der Waals surface area contributed by atoms with Gasteiger partial charge in [-0.3, -0.25) is 4.79 Å². The lowest BCUT2D eigenvalue weighted by molar-refractivity contribution is -0.111. The molecule has 0 saturated carbocycles. The number of anilines is 6. The SMILES string of the molecule is C=CC(=O)Nc1ccc(C)cc1Nc1nc(Nc2ccc(N3CCN(C)CC3)cc2)ncc1Cl. The molecule has 0 unspecified atom stereocenters. The molecule has 0 atom stereocenters. The highest BCUT2D eigenvalue weighted by atomic mass is 35.5. The van der Waals surface area contributed by atoms with Gasteiger partial charge in [0.15, 0.2) is 5.82 Å². The van der Waals surface area contributed by atoms with Crippen LogP contribution in [0.2, 0.25) is 5.02 Å². The van der Waals surface area contributed by atoms with E-state index < -0.39 is 0 Å². The zero-order valence-electron chi connectivity index (χ0n) is 19.3. The number of likely N-dealkylation sites (N-methyl/N-ethyl adjacent to an activating group) is 1. The van der Waals surface area contributed by atoms with Crippen molar-refractivity contribution in [3.8, 4) is 0 Å². The predicted octanol–water partition coefficient (Wildman–Crippen LogP) is 4.80. The minimum atomic E-state index is -0.303. The number of halogens is 1. The smallest absolute Gasteiger partial charge is 0.247 e. The number of amides is 1. The largest absolute Gasteiger partial charge is 0.369 e. The van der Waals surface area contributed by atoms with E-state index in [2.05, 4.69) is 61.5 Å². The van der Waals surface area contributed by atoms with Crippen molar-refractivity contribution in [2.24, 2.45) is 0 Å². The van der Waals surface area contributed by atoms with Crippen molar-refractivity contribution in [3.05, 3.63) is 71.9 Å². The Bertz CT molecular complexity index is 1170. The molecule has 3 aromatic rings. The van der Waals surface area contributed by atoms with Crippen LogP contribution in [0.15, 0.2) is 61.3 Å². The summed E-state index contributed by atoms with van der Waals surface area (Å²) in [6.45, 7) is 9.63. The Balaban J connectivity index is 1.49. The van der Waals surface area contributed by atoms with Gasteiger partial charge in [0.1, 0.15) is 5.02 Å². The number of rotatable bonds is 7. The molecule has 1 fully saturated rings. The molecule has 2 heterocycles. The van der Waals surface area contributed by atoms with E-state index in [0.29, 0.717) is 28.2 Å². The highest BCUT2D eigenvalue weighted by Crippen LogP contribution is 2.30. The summed E-state index contributed by atoms with van der Waals surface area (Å²) in [4.78, 5) is 25.4. The van der Waals surface area contributed by atoms with Crippen molar-refractivity contribution in [3.63, 3.8) is 0 Å². The van der Waals surface area contributed by atoms with Crippen LogP contribution in [-0.2, 0) is 4.79 Å².